The molecule has 1 rings (SSSR count). The largest absolute Gasteiger partial charge is 0.383 e. The van der Waals surface area contributed by atoms with Crippen LogP contribution < -0.4 is 0 Å². The van der Waals surface area contributed by atoms with Gasteiger partial charge in [0.05, 0.1) is 6.61 Å². The van der Waals surface area contributed by atoms with Crippen molar-refractivity contribution < 1.29 is 9.47 Å². The van der Waals surface area contributed by atoms with E-state index in [1.165, 1.54) is 0 Å². The molecule has 1 atom stereocenters. The number of likely N-dealkylation sites (N-methyl/N-ethyl adjacent to an activating group) is 1. The first-order valence-electron chi connectivity index (χ1n) is 6.01. The van der Waals surface area contributed by atoms with Gasteiger partial charge < -0.3 is 14.4 Å². The molecule has 0 aromatic rings. The first-order chi connectivity index (χ1) is 7.63. The van der Waals surface area contributed by atoms with Crippen LogP contribution in [0.4, 0.5) is 0 Å². The van der Waals surface area contributed by atoms with E-state index in [0.29, 0.717) is 11.5 Å². The standard InChI is InChI=1S/C12H25NO2S/c1-11(8-14-3)13(2)9-12(10-16)4-6-15-7-5-12/h11,16H,4-10H2,1-3H3. The fourth-order valence-electron chi connectivity index (χ4n) is 2.22. The summed E-state index contributed by atoms with van der Waals surface area (Å²) < 4.78 is 10.6. The molecule has 1 aliphatic rings. The molecule has 0 aliphatic carbocycles. The average Bonchev–Trinajstić information content (AvgIpc) is 2.30. The minimum Gasteiger partial charge on any atom is -0.383 e. The Balaban J connectivity index is 2.48. The van der Waals surface area contributed by atoms with E-state index in [2.05, 4.69) is 31.5 Å². The van der Waals surface area contributed by atoms with Gasteiger partial charge in [-0.2, -0.15) is 12.6 Å². The summed E-state index contributed by atoms with van der Waals surface area (Å²) >= 11 is 4.53. The Morgan fingerprint density at radius 1 is 1.44 bits per heavy atom. The molecule has 0 aromatic carbocycles. The van der Waals surface area contributed by atoms with Crippen molar-refractivity contribution in [1.82, 2.24) is 4.90 Å². The van der Waals surface area contributed by atoms with Gasteiger partial charge in [-0.05, 0) is 38.0 Å². The molecule has 16 heavy (non-hydrogen) atoms. The fraction of sp³-hybridized carbons (Fsp3) is 1.00. The summed E-state index contributed by atoms with van der Waals surface area (Å²) in [4.78, 5) is 2.38. The molecule has 0 amide bonds. The Morgan fingerprint density at radius 2 is 2.06 bits per heavy atom. The molecule has 0 radical (unpaired) electrons. The monoisotopic (exact) mass is 247 g/mol. The number of ether oxygens (including phenoxy) is 2. The second kappa shape index (κ2) is 6.84. The van der Waals surface area contributed by atoms with Gasteiger partial charge in [0.25, 0.3) is 0 Å². The van der Waals surface area contributed by atoms with Gasteiger partial charge >= 0.3 is 0 Å². The molecule has 0 spiro atoms. The summed E-state index contributed by atoms with van der Waals surface area (Å²) in [7, 11) is 3.93. The van der Waals surface area contributed by atoms with Crippen molar-refractivity contribution in [2.45, 2.75) is 25.8 Å². The Morgan fingerprint density at radius 3 is 2.56 bits per heavy atom. The van der Waals surface area contributed by atoms with E-state index in [9.17, 15) is 0 Å². The highest BCUT2D eigenvalue weighted by Gasteiger charge is 2.33. The molecule has 1 saturated heterocycles. The van der Waals surface area contributed by atoms with Crippen LogP contribution in [0.5, 0.6) is 0 Å². The van der Waals surface area contributed by atoms with E-state index >= 15 is 0 Å². The zero-order valence-electron chi connectivity index (χ0n) is 10.7. The maximum Gasteiger partial charge on any atom is 0.0615 e. The molecule has 1 fully saturated rings. The molecule has 1 unspecified atom stereocenters. The minimum absolute atomic E-state index is 0.331. The SMILES string of the molecule is COCC(C)N(C)CC1(CS)CCOCC1. The van der Waals surface area contributed by atoms with Crippen molar-refractivity contribution in [3.63, 3.8) is 0 Å². The minimum atomic E-state index is 0.331. The topological polar surface area (TPSA) is 21.7 Å². The van der Waals surface area contributed by atoms with Crippen molar-refractivity contribution in [3.8, 4) is 0 Å². The lowest BCUT2D eigenvalue weighted by atomic mass is 9.81. The molecular weight excluding hydrogens is 222 g/mol. The van der Waals surface area contributed by atoms with Crippen molar-refractivity contribution in [2.75, 3.05) is 46.3 Å². The van der Waals surface area contributed by atoms with E-state index in [4.69, 9.17) is 9.47 Å². The predicted octanol–water partition coefficient (Wildman–Crippen LogP) is 1.68. The number of hydrogen-bond donors (Lipinski definition) is 1. The third kappa shape index (κ3) is 3.91. The molecular formula is C12H25NO2S. The van der Waals surface area contributed by atoms with Gasteiger partial charge in [-0.1, -0.05) is 0 Å². The van der Waals surface area contributed by atoms with Crippen LogP contribution in [0, 0.1) is 5.41 Å². The second-order valence-electron chi connectivity index (χ2n) is 4.99. The number of rotatable bonds is 6. The van der Waals surface area contributed by atoms with Gasteiger partial charge in [-0.25, -0.2) is 0 Å². The van der Waals surface area contributed by atoms with Crippen LogP contribution in [-0.4, -0.2) is 57.2 Å². The van der Waals surface area contributed by atoms with Crippen LogP contribution in [-0.2, 0) is 9.47 Å². The third-order valence-electron chi connectivity index (χ3n) is 3.63. The molecule has 0 bridgehead atoms. The van der Waals surface area contributed by atoms with Crippen LogP contribution in [0.1, 0.15) is 19.8 Å². The fourth-order valence-corrected chi connectivity index (χ4v) is 2.64. The van der Waals surface area contributed by atoms with Gasteiger partial charge in [0.15, 0.2) is 0 Å². The molecule has 3 nitrogen and oxygen atoms in total. The quantitative estimate of drug-likeness (QED) is 0.722. The van der Waals surface area contributed by atoms with Crippen LogP contribution in [0.15, 0.2) is 0 Å². The third-order valence-corrected chi connectivity index (χ3v) is 4.30. The van der Waals surface area contributed by atoms with Gasteiger partial charge in [0.1, 0.15) is 0 Å². The summed E-state index contributed by atoms with van der Waals surface area (Å²) in [6.07, 6.45) is 2.25. The van der Waals surface area contributed by atoms with Gasteiger partial charge in [-0.3, -0.25) is 0 Å². The smallest absolute Gasteiger partial charge is 0.0615 e. The molecule has 0 aromatic heterocycles. The zero-order chi connectivity index (χ0) is 12.0. The normalized spacial score (nSPS) is 22.3. The van der Waals surface area contributed by atoms with E-state index in [0.717, 1.165) is 45.0 Å². The van der Waals surface area contributed by atoms with Crippen molar-refractivity contribution in [3.05, 3.63) is 0 Å². The van der Waals surface area contributed by atoms with Gasteiger partial charge in [-0.15, -0.1) is 0 Å². The van der Waals surface area contributed by atoms with E-state index in [1.807, 2.05) is 0 Å². The second-order valence-corrected chi connectivity index (χ2v) is 5.31. The predicted molar refractivity (Wildman–Crippen MR) is 70.3 cm³/mol. The van der Waals surface area contributed by atoms with E-state index in [1.54, 1.807) is 7.11 Å². The molecule has 4 heteroatoms. The molecule has 0 saturated carbocycles. The average molecular weight is 247 g/mol. The highest BCUT2D eigenvalue weighted by Crippen LogP contribution is 2.32. The van der Waals surface area contributed by atoms with Gasteiger partial charge in [0.2, 0.25) is 0 Å². The van der Waals surface area contributed by atoms with Crippen molar-refractivity contribution in [2.24, 2.45) is 5.41 Å². The molecule has 1 heterocycles. The van der Waals surface area contributed by atoms with Crippen LogP contribution in [0.2, 0.25) is 0 Å². The molecule has 96 valence electrons. The Bertz CT molecular complexity index is 195. The summed E-state index contributed by atoms with van der Waals surface area (Å²) in [5, 5.41) is 0. The maximum atomic E-state index is 5.44. The van der Waals surface area contributed by atoms with Crippen LogP contribution in [0.25, 0.3) is 0 Å². The first kappa shape index (κ1) is 14.3. The Kier molecular flexibility index (Phi) is 6.11. The van der Waals surface area contributed by atoms with Crippen molar-refractivity contribution >= 4 is 12.6 Å². The van der Waals surface area contributed by atoms with Gasteiger partial charge in [0, 0.05) is 32.9 Å². The highest BCUT2D eigenvalue weighted by molar-refractivity contribution is 7.80. The number of hydrogen-bond acceptors (Lipinski definition) is 4. The lowest BCUT2D eigenvalue weighted by Crippen LogP contribution is -2.45. The lowest BCUT2D eigenvalue weighted by Gasteiger charge is -2.40. The number of nitrogens with zero attached hydrogens (tertiary/aromatic N) is 1. The summed E-state index contributed by atoms with van der Waals surface area (Å²) in [6.45, 7) is 5.84. The molecule has 1 aliphatic heterocycles. The highest BCUT2D eigenvalue weighted by atomic mass is 32.1. The summed E-state index contributed by atoms with van der Waals surface area (Å²) in [5.41, 5.74) is 0.331. The molecule has 0 N–H and O–H groups in total. The Hall–Kier alpha value is 0.230. The van der Waals surface area contributed by atoms with E-state index < -0.39 is 0 Å². The summed E-state index contributed by atoms with van der Waals surface area (Å²) in [5.74, 6) is 0.945. The first-order valence-corrected chi connectivity index (χ1v) is 6.64. The maximum absolute atomic E-state index is 5.44. The number of thiol groups is 1. The Labute approximate surface area is 105 Å². The lowest BCUT2D eigenvalue weighted by molar-refractivity contribution is 0.000208. The summed E-state index contributed by atoms with van der Waals surface area (Å²) in [6, 6.07) is 0.463. The van der Waals surface area contributed by atoms with Crippen LogP contribution in [0.3, 0.4) is 0 Å². The number of methoxy groups -OCH3 is 1. The zero-order valence-corrected chi connectivity index (χ0v) is 11.6. The van der Waals surface area contributed by atoms with E-state index in [-0.39, 0.29) is 0 Å². The van der Waals surface area contributed by atoms with Crippen LogP contribution >= 0.6 is 12.6 Å². The van der Waals surface area contributed by atoms with Crippen molar-refractivity contribution in [1.29, 1.82) is 0 Å².